The first-order valence-corrected chi connectivity index (χ1v) is 11.9. The van der Waals surface area contributed by atoms with Crippen LogP contribution in [0.1, 0.15) is 21.5 Å². The summed E-state index contributed by atoms with van der Waals surface area (Å²) in [6, 6.07) is 17.2. The van der Waals surface area contributed by atoms with Crippen molar-refractivity contribution >= 4 is 21.6 Å². The topological polar surface area (TPSA) is 84.9 Å². The van der Waals surface area contributed by atoms with Crippen molar-refractivity contribution in [2.24, 2.45) is 0 Å². The first-order chi connectivity index (χ1) is 15.7. The normalized spacial score (nSPS) is 11.0. The molecule has 0 heterocycles. The van der Waals surface area contributed by atoms with Crippen molar-refractivity contribution in [3.05, 3.63) is 89.2 Å². The van der Waals surface area contributed by atoms with Crippen molar-refractivity contribution in [2.45, 2.75) is 13.1 Å². The highest BCUT2D eigenvalue weighted by atomic mass is 32.2. The molecular formula is C24H25FN2O5S. The second kappa shape index (κ2) is 10.4. The number of nitrogens with one attached hydrogen (secondary N) is 1. The molecule has 0 atom stereocenters. The Hall–Kier alpha value is -3.59. The molecule has 0 saturated carbocycles. The van der Waals surface area contributed by atoms with Crippen molar-refractivity contribution in [3.8, 4) is 11.5 Å². The first kappa shape index (κ1) is 24.1. The number of methoxy groups -OCH3 is 2. The SMILES string of the molecule is COc1ccc(CNC(=O)c2ccc(N(Cc3ccc(F)cc3)S(C)(=O)=O)cc2)cc1OC. The van der Waals surface area contributed by atoms with Crippen LogP contribution in [0, 0.1) is 5.82 Å². The number of nitrogens with zero attached hydrogens (tertiary/aromatic N) is 1. The van der Waals surface area contributed by atoms with Crippen LogP contribution < -0.4 is 19.1 Å². The monoisotopic (exact) mass is 472 g/mol. The van der Waals surface area contributed by atoms with Gasteiger partial charge < -0.3 is 14.8 Å². The molecule has 3 rings (SSSR count). The summed E-state index contributed by atoms with van der Waals surface area (Å²) in [6.07, 6.45) is 1.10. The summed E-state index contributed by atoms with van der Waals surface area (Å²) in [5, 5.41) is 2.83. The van der Waals surface area contributed by atoms with E-state index >= 15 is 0 Å². The summed E-state index contributed by atoms with van der Waals surface area (Å²) < 4.78 is 49.5. The Morgan fingerprint density at radius 2 is 1.52 bits per heavy atom. The number of hydrogen-bond donors (Lipinski definition) is 1. The minimum absolute atomic E-state index is 0.0456. The van der Waals surface area contributed by atoms with E-state index in [0.717, 1.165) is 11.8 Å². The predicted octanol–water partition coefficient (Wildman–Crippen LogP) is 3.74. The predicted molar refractivity (Wildman–Crippen MR) is 125 cm³/mol. The molecule has 3 aromatic rings. The van der Waals surface area contributed by atoms with Crippen LogP contribution in [0.25, 0.3) is 0 Å². The van der Waals surface area contributed by atoms with Crippen LogP contribution in [0.15, 0.2) is 66.7 Å². The van der Waals surface area contributed by atoms with Crippen molar-refractivity contribution in [1.29, 1.82) is 0 Å². The molecule has 3 aromatic carbocycles. The van der Waals surface area contributed by atoms with Crippen molar-refractivity contribution < 1.29 is 27.1 Å². The smallest absolute Gasteiger partial charge is 0.251 e. The minimum Gasteiger partial charge on any atom is -0.493 e. The molecule has 7 nitrogen and oxygen atoms in total. The van der Waals surface area contributed by atoms with Gasteiger partial charge in [-0.25, -0.2) is 12.8 Å². The zero-order valence-electron chi connectivity index (χ0n) is 18.5. The summed E-state index contributed by atoms with van der Waals surface area (Å²) in [5.74, 6) is 0.462. The van der Waals surface area contributed by atoms with E-state index in [0.29, 0.717) is 28.3 Å². The summed E-state index contributed by atoms with van der Waals surface area (Å²) in [6.45, 7) is 0.324. The maximum atomic E-state index is 13.2. The Morgan fingerprint density at radius 1 is 0.909 bits per heavy atom. The molecule has 0 spiro atoms. The van der Waals surface area contributed by atoms with Crippen LogP contribution in [0.3, 0.4) is 0 Å². The number of anilines is 1. The van der Waals surface area contributed by atoms with E-state index in [4.69, 9.17) is 9.47 Å². The molecule has 0 unspecified atom stereocenters. The van der Waals surface area contributed by atoms with Gasteiger partial charge in [-0.05, 0) is 59.7 Å². The third-order valence-electron chi connectivity index (χ3n) is 4.96. The van der Waals surface area contributed by atoms with Gasteiger partial charge in [-0.2, -0.15) is 0 Å². The summed E-state index contributed by atoms with van der Waals surface area (Å²) >= 11 is 0. The third-order valence-corrected chi connectivity index (χ3v) is 6.10. The molecule has 174 valence electrons. The van der Waals surface area contributed by atoms with Crippen LogP contribution in [0.5, 0.6) is 11.5 Å². The molecule has 33 heavy (non-hydrogen) atoms. The van der Waals surface area contributed by atoms with Crippen LogP contribution >= 0.6 is 0 Å². The molecule has 0 aliphatic heterocycles. The van der Waals surface area contributed by atoms with Crippen molar-refractivity contribution in [2.75, 3.05) is 24.8 Å². The van der Waals surface area contributed by atoms with Gasteiger partial charge in [0.1, 0.15) is 5.82 Å². The van der Waals surface area contributed by atoms with E-state index < -0.39 is 15.8 Å². The van der Waals surface area contributed by atoms with Gasteiger partial charge in [-0.3, -0.25) is 9.10 Å². The average Bonchev–Trinajstić information content (AvgIpc) is 2.81. The molecule has 0 aromatic heterocycles. The number of carbonyl (C=O) groups excluding carboxylic acids is 1. The van der Waals surface area contributed by atoms with Gasteiger partial charge in [0, 0.05) is 12.1 Å². The minimum atomic E-state index is -3.60. The van der Waals surface area contributed by atoms with Crippen LogP contribution in [-0.4, -0.2) is 34.8 Å². The molecule has 0 bridgehead atoms. The molecule has 0 aliphatic rings. The van der Waals surface area contributed by atoms with Crippen molar-refractivity contribution in [1.82, 2.24) is 5.32 Å². The van der Waals surface area contributed by atoms with Gasteiger partial charge in [0.2, 0.25) is 10.0 Å². The highest BCUT2D eigenvalue weighted by Crippen LogP contribution is 2.27. The maximum Gasteiger partial charge on any atom is 0.251 e. The molecule has 1 amide bonds. The van der Waals surface area contributed by atoms with Gasteiger partial charge in [0.15, 0.2) is 11.5 Å². The number of sulfonamides is 1. The lowest BCUT2D eigenvalue weighted by Gasteiger charge is -2.22. The molecule has 1 N–H and O–H groups in total. The maximum absolute atomic E-state index is 13.2. The van der Waals surface area contributed by atoms with E-state index in [-0.39, 0.29) is 19.0 Å². The van der Waals surface area contributed by atoms with E-state index in [1.165, 1.54) is 35.7 Å². The Balaban J connectivity index is 1.71. The molecule has 0 radical (unpaired) electrons. The van der Waals surface area contributed by atoms with Crippen molar-refractivity contribution in [3.63, 3.8) is 0 Å². The lowest BCUT2D eigenvalue weighted by molar-refractivity contribution is 0.0951. The van der Waals surface area contributed by atoms with Gasteiger partial charge in [0.05, 0.1) is 32.7 Å². The molecular weight excluding hydrogens is 447 g/mol. The molecule has 0 saturated heterocycles. The average molecular weight is 473 g/mol. The Labute approximate surface area is 192 Å². The standard InChI is InChI=1S/C24H25FN2O5S/c1-31-22-13-6-18(14-23(22)32-2)15-26-24(28)19-7-11-21(12-8-19)27(33(3,29)30)16-17-4-9-20(25)10-5-17/h4-14H,15-16H2,1-3H3,(H,26,28). The van der Waals surface area contributed by atoms with E-state index in [9.17, 15) is 17.6 Å². The van der Waals surface area contributed by atoms with Gasteiger partial charge >= 0.3 is 0 Å². The summed E-state index contributed by atoms with van der Waals surface area (Å²) in [7, 11) is -0.513. The highest BCUT2D eigenvalue weighted by Gasteiger charge is 2.18. The molecule has 0 aliphatic carbocycles. The number of halogens is 1. The number of benzene rings is 3. The number of hydrogen-bond acceptors (Lipinski definition) is 5. The zero-order valence-corrected chi connectivity index (χ0v) is 19.4. The van der Waals surface area contributed by atoms with Crippen LogP contribution in [0.4, 0.5) is 10.1 Å². The number of carbonyl (C=O) groups is 1. The van der Waals surface area contributed by atoms with Gasteiger partial charge in [-0.1, -0.05) is 18.2 Å². The number of amides is 1. The molecule has 9 heteroatoms. The fraction of sp³-hybridized carbons (Fsp3) is 0.208. The molecule has 0 fully saturated rings. The fourth-order valence-corrected chi connectivity index (χ4v) is 4.10. The summed E-state index contributed by atoms with van der Waals surface area (Å²) in [4.78, 5) is 12.6. The Morgan fingerprint density at radius 3 is 2.09 bits per heavy atom. The highest BCUT2D eigenvalue weighted by molar-refractivity contribution is 7.92. The van der Waals surface area contributed by atoms with Crippen LogP contribution in [-0.2, 0) is 23.1 Å². The van der Waals surface area contributed by atoms with E-state index in [1.807, 2.05) is 6.07 Å². The van der Waals surface area contributed by atoms with E-state index in [2.05, 4.69) is 5.32 Å². The van der Waals surface area contributed by atoms with Gasteiger partial charge in [0.25, 0.3) is 5.91 Å². The lowest BCUT2D eigenvalue weighted by Crippen LogP contribution is -2.29. The third kappa shape index (κ3) is 6.23. The fourth-order valence-electron chi connectivity index (χ4n) is 3.21. The second-order valence-electron chi connectivity index (χ2n) is 7.31. The number of ether oxygens (including phenoxy) is 2. The Bertz CT molecular complexity index is 1210. The summed E-state index contributed by atoms with van der Waals surface area (Å²) in [5.41, 5.74) is 2.26. The Kier molecular flexibility index (Phi) is 7.55. The largest absolute Gasteiger partial charge is 0.493 e. The second-order valence-corrected chi connectivity index (χ2v) is 9.22. The lowest BCUT2D eigenvalue weighted by atomic mass is 10.1. The van der Waals surface area contributed by atoms with Crippen LogP contribution in [0.2, 0.25) is 0 Å². The quantitative estimate of drug-likeness (QED) is 0.513. The first-order valence-electron chi connectivity index (χ1n) is 10.0. The number of rotatable bonds is 9. The zero-order chi connectivity index (χ0) is 24.0. The van der Waals surface area contributed by atoms with Gasteiger partial charge in [-0.15, -0.1) is 0 Å². The van der Waals surface area contributed by atoms with E-state index in [1.54, 1.807) is 43.5 Å².